The number of carbonyl (C=O) groups excluding carboxylic acids is 1. The van der Waals surface area contributed by atoms with E-state index in [0.717, 1.165) is 35.5 Å². The van der Waals surface area contributed by atoms with Crippen molar-refractivity contribution in [3.8, 4) is 11.3 Å². The third-order valence-corrected chi connectivity index (χ3v) is 7.24. The first-order chi connectivity index (χ1) is 18.7. The molecule has 1 unspecified atom stereocenters. The number of rotatable bonds is 6. The zero-order chi connectivity index (χ0) is 27.7. The molecule has 5 rings (SSSR count). The van der Waals surface area contributed by atoms with Gasteiger partial charge in [0.05, 0.1) is 17.0 Å². The van der Waals surface area contributed by atoms with Gasteiger partial charge in [-0.1, -0.05) is 18.2 Å². The van der Waals surface area contributed by atoms with Crippen LogP contribution in [-0.2, 0) is 4.79 Å². The summed E-state index contributed by atoms with van der Waals surface area (Å²) in [6.45, 7) is 8.36. The maximum atomic E-state index is 13.2. The Morgan fingerprint density at radius 3 is 2.33 bits per heavy atom. The number of aryl methyl sites for hydroxylation is 1. The number of para-hydroxylation sites is 1. The topological polar surface area (TPSA) is 103 Å². The van der Waals surface area contributed by atoms with Crippen LogP contribution < -0.4 is 15.6 Å². The highest BCUT2D eigenvalue weighted by Gasteiger charge is 2.20. The minimum absolute atomic E-state index is 0.0986. The number of hydrogen-bond donors (Lipinski definition) is 2. The van der Waals surface area contributed by atoms with Gasteiger partial charge in [-0.15, -0.1) is 0 Å². The maximum absolute atomic E-state index is 13.2. The van der Waals surface area contributed by atoms with Crippen LogP contribution in [0.4, 0.5) is 11.4 Å². The highest BCUT2D eigenvalue weighted by molar-refractivity contribution is 5.94. The second-order valence-corrected chi connectivity index (χ2v) is 9.96. The van der Waals surface area contributed by atoms with E-state index in [9.17, 15) is 19.5 Å². The molecule has 8 nitrogen and oxygen atoms in total. The summed E-state index contributed by atoms with van der Waals surface area (Å²) in [5.74, 6) is -0.456. The number of carboxylic acid groups (broad SMARTS) is 1. The van der Waals surface area contributed by atoms with Gasteiger partial charge in [-0.3, -0.25) is 9.59 Å². The van der Waals surface area contributed by atoms with Gasteiger partial charge in [0.1, 0.15) is 11.3 Å². The van der Waals surface area contributed by atoms with E-state index < -0.39 is 5.97 Å². The quantitative estimate of drug-likeness (QED) is 0.352. The molecule has 1 aromatic heterocycles. The van der Waals surface area contributed by atoms with Crippen LogP contribution in [0.25, 0.3) is 22.3 Å². The average molecular weight is 526 g/mol. The van der Waals surface area contributed by atoms with Crippen LogP contribution in [0.15, 0.2) is 75.9 Å². The Labute approximate surface area is 226 Å². The van der Waals surface area contributed by atoms with Crippen LogP contribution in [0.2, 0.25) is 0 Å². The molecule has 1 saturated heterocycles. The summed E-state index contributed by atoms with van der Waals surface area (Å²) in [7, 11) is 0. The molecule has 1 amide bonds. The predicted octanol–water partition coefficient (Wildman–Crippen LogP) is 5.31. The molecule has 0 radical (unpaired) electrons. The average Bonchev–Trinajstić information content (AvgIpc) is 2.93. The van der Waals surface area contributed by atoms with Gasteiger partial charge in [0.25, 0.3) is 0 Å². The van der Waals surface area contributed by atoms with Crippen molar-refractivity contribution < 1.29 is 19.1 Å². The first kappa shape index (κ1) is 26.0. The number of piperazine rings is 1. The summed E-state index contributed by atoms with van der Waals surface area (Å²) in [6, 6.07) is 19.6. The van der Waals surface area contributed by atoms with Gasteiger partial charge in [-0.2, -0.15) is 0 Å². The molecule has 1 aliphatic rings. The van der Waals surface area contributed by atoms with Crippen molar-refractivity contribution in [1.29, 1.82) is 0 Å². The first-order valence-electron chi connectivity index (χ1n) is 13.0. The first-order valence-corrected chi connectivity index (χ1v) is 13.0. The third-order valence-electron chi connectivity index (χ3n) is 7.24. The van der Waals surface area contributed by atoms with Gasteiger partial charge < -0.3 is 24.6 Å². The normalized spacial score (nSPS) is 14.3. The molecule has 0 saturated carbocycles. The van der Waals surface area contributed by atoms with E-state index in [0.29, 0.717) is 35.5 Å². The Kier molecular flexibility index (Phi) is 7.11. The molecule has 4 aromatic rings. The summed E-state index contributed by atoms with van der Waals surface area (Å²) < 4.78 is 6.36. The fourth-order valence-corrected chi connectivity index (χ4v) is 5.12. The summed E-state index contributed by atoms with van der Waals surface area (Å²) in [6.07, 6.45) is 0. The largest absolute Gasteiger partial charge is 0.478 e. The Balaban J connectivity index is 1.46. The van der Waals surface area contributed by atoms with Crippen LogP contribution in [0.5, 0.6) is 0 Å². The number of benzene rings is 3. The molecule has 1 fully saturated rings. The number of carboxylic acids is 1. The van der Waals surface area contributed by atoms with Crippen LogP contribution >= 0.6 is 0 Å². The second-order valence-electron chi connectivity index (χ2n) is 9.96. The number of aromatic carboxylic acids is 1. The predicted molar refractivity (Wildman–Crippen MR) is 153 cm³/mol. The van der Waals surface area contributed by atoms with E-state index in [4.69, 9.17) is 4.42 Å². The maximum Gasteiger partial charge on any atom is 0.337 e. The highest BCUT2D eigenvalue weighted by atomic mass is 16.4. The van der Waals surface area contributed by atoms with Crippen molar-refractivity contribution in [1.82, 2.24) is 4.90 Å². The summed E-state index contributed by atoms with van der Waals surface area (Å²) in [5.41, 5.74) is 4.51. The Morgan fingerprint density at radius 1 is 0.974 bits per heavy atom. The van der Waals surface area contributed by atoms with Crippen molar-refractivity contribution in [2.75, 3.05) is 36.4 Å². The van der Waals surface area contributed by atoms with Gasteiger partial charge in [-0.05, 0) is 61.9 Å². The monoisotopic (exact) mass is 525 g/mol. The minimum atomic E-state index is -1.02. The molecule has 1 aliphatic heterocycles. The molecular formula is C31H31N3O5. The third kappa shape index (κ3) is 5.36. The standard InChI is InChI=1S/C31H31N3O5/c1-19-16-25(20(2)32-27-7-5-4-6-24(27)31(37)38)30-26(17-19)28(36)18-29(39-30)22-8-10-23(11-9-22)34-14-12-33(13-15-34)21(3)35/h4-11,16-18,20,32H,12-15H2,1-3H3,(H,37,38). The zero-order valence-corrected chi connectivity index (χ0v) is 22.2. The summed E-state index contributed by atoms with van der Waals surface area (Å²) >= 11 is 0. The van der Waals surface area contributed by atoms with Gasteiger partial charge in [-0.25, -0.2) is 4.79 Å². The van der Waals surface area contributed by atoms with Crippen molar-refractivity contribution in [3.63, 3.8) is 0 Å². The SMILES string of the molecule is CC(=O)N1CCN(c2ccc(-c3cc(=O)c4cc(C)cc(C(C)Nc5ccccc5C(=O)O)c4o3)cc2)CC1. The van der Waals surface area contributed by atoms with E-state index in [1.165, 1.54) is 6.07 Å². The Morgan fingerprint density at radius 2 is 1.67 bits per heavy atom. The second kappa shape index (κ2) is 10.6. The molecule has 2 heterocycles. The molecule has 0 bridgehead atoms. The highest BCUT2D eigenvalue weighted by Crippen LogP contribution is 2.32. The molecule has 39 heavy (non-hydrogen) atoms. The molecule has 0 spiro atoms. The zero-order valence-electron chi connectivity index (χ0n) is 22.2. The van der Waals surface area contributed by atoms with E-state index >= 15 is 0 Å². The molecule has 0 aliphatic carbocycles. The molecular weight excluding hydrogens is 494 g/mol. The van der Waals surface area contributed by atoms with Crippen LogP contribution in [-0.4, -0.2) is 48.1 Å². The van der Waals surface area contributed by atoms with Crippen molar-refractivity contribution >= 4 is 34.2 Å². The minimum Gasteiger partial charge on any atom is -0.478 e. The lowest BCUT2D eigenvalue weighted by atomic mass is 10.00. The van der Waals surface area contributed by atoms with Gasteiger partial charge >= 0.3 is 5.97 Å². The number of nitrogens with one attached hydrogen (secondary N) is 1. The lowest BCUT2D eigenvalue weighted by molar-refractivity contribution is -0.129. The van der Waals surface area contributed by atoms with Gasteiger partial charge in [0.2, 0.25) is 5.91 Å². The smallest absolute Gasteiger partial charge is 0.337 e. The fourth-order valence-electron chi connectivity index (χ4n) is 5.12. The Bertz CT molecular complexity index is 1600. The number of hydrogen-bond acceptors (Lipinski definition) is 6. The van der Waals surface area contributed by atoms with Crippen LogP contribution in [0.1, 0.15) is 41.4 Å². The number of nitrogens with zero attached hydrogens (tertiary/aromatic N) is 2. The van der Waals surface area contributed by atoms with Gasteiger partial charge in [0, 0.05) is 61.7 Å². The Hall–Kier alpha value is -4.59. The molecule has 3 aromatic carbocycles. The van der Waals surface area contributed by atoms with Crippen molar-refractivity contribution in [2.45, 2.75) is 26.8 Å². The number of fused-ring (bicyclic) bond motifs is 1. The number of amides is 1. The van der Waals surface area contributed by atoms with Gasteiger partial charge in [0.15, 0.2) is 5.43 Å². The lowest BCUT2D eigenvalue weighted by Gasteiger charge is -2.35. The van der Waals surface area contributed by atoms with E-state index in [-0.39, 0.29) is 22.9 Å². The molecule has 8 heteroatoms. The number of anilines is 2. The van der Waals surface area contributed by atoms with Crippen molar-refractivity contribution in [3.05, 3.63) is 93.6 Å². The van der Waals surface area contributed by atoms with Crippen LogP contribution in [0, 0.1) is 6.92 Å². The number of carbonyl (C=O) groups is 2. The molecule has 200 valence electrons. The van der Waals surface area contributed by atoms with Crippen LogP contribution in [0.3, 0.4) is 0 Å². The lowest BCUT2D eigenvalue weighted by Crippen LogP contribution is -2.48. The summed E-state index contributed by atoms with van der Waals surface area (Å²) in [5, 5.41) is 13.3. The van der Waals surface area contributed by atoms with E-state index in [1.807, 2.05) is 55.1 Å². The van der Waals surface area contributed by atoms with E-state index in [2.05, 4.69) is 10.2 Å². The molecule has 1 atom stereocenters. The summed E-state index contributed by atoms with van der Waals surface area (Å²) in [4.78, 5) is 40.6. The van der Waals surface area contributed by atoms with E-state index in [1.54, 1.807) is 31.2 Å². The molecule has 2 N–H and O–H groups in total. The van der Waals surface area contributed by atoms with Crippen molar-refractivity contribution in [2.24, 2.45) is 0 Å². The fraction of sp³-hybridized carbons (Fsp3) is 0.258.